The lowest BCUT2D eigenvalue weighted by Crippen LogP contribution is -2.57. The molecular weight excluding hydrogens is 284 g/mol. The second kappa shape index (κ2) is 5.85. The Balaban J connectivity index is 1.85. The number of anilines is 1. The summed E-state index contributed by atoms with van der Waals surface area (Å²) < 4.78 is 0. The van der Waals surface area contributed by atoms with Crippen molar-refractivity contribution in [2.45, 2.75) is 31.7 Å². The third kappa shape index (κ3) is 2.62. The van der Waals surface area contributed by atoms with Gasteiger partial charge in [0.15, 0.2) is 5.96 Å². The Labute approximate surface area is 131 Å². The molecule has 2 heterocycles. The number of rotatable bonds is 3. The van der Waals surface area contributed by atoms with E-state index in [1.54, 1.807) is 0 Å². The lowest BCUT2D eigenvalue weighted by molar-refractivity contribution is 0.171. The highest BCUT2D eigenvalue weighted by molar-refractivity contribution is 6.34. The molecule has 3 rings (SSSR count). The van der Waals surface area contributed by atoms with Crippen molar-refractivity contribution in [2.24, 2.45) is 10.7 Å². The molecule has 1 spiro atoms. The van der Waals surface area contributed by atoms with Gasteiger partial charge in [-0.3, -0.25) is 4.99 Å². The van der Waals surface area contributed by atoms with Crippen LogP contribution in [-0.2, 0) is 0 Å². The van der Waals surface area contributed by atoms with Crippen molar-refractivity contribution in [2.75, 3.05) is 31.1 Å². The smallest absolute Gasteiger partial charge is 0.196 e. The van der Waals surface area contributed by atoms with Crippen molar-refractivity contribution >= 4 is 23.2 Å². The fourth-order valence-electron chi connectivity index (χ4n) is 3.52. The molecule has 1 aromatic rings. The highest BCUT2D eigenvalue weighted by Crippen LogP contribution is 2.39. The third-order valence-electron chi connectivity index (χ3n) is 4.66. The molecule has 2 N–H and O–H groups in total. The maximum atomic E-state index is 6.39. The van der Waals surface area contributed by atoms with Gasteiger partial charge in [0, 0.05) is 13.1 Å². The molecule has 2 aliphatic heterocycles. The first-order valence-electron chi connectivity index (χ1n) is 7.73. The van der Waals surface area contributed by atoms with Crippen molar-refractivity contribution in [3.05, 3.63) is 29.3 Å². The van der Waals surface area contributed by atoms with Crippen LogP contribution in [0.4, 0.5) is 5.69 Å². The average molecular weight is 307 g/mol. The van der Waals surface area contributed by atoms with E-state index >= 15 is 0 Å². The number of benzene rings is 1. The average Bonchev–Trinajstić information content (AvgIpc) is 2.80. The van der Waals surface area contributed by atoms with Gasteiger partial charge in [0.2, 0.25) is 0 Å². The number of guanidine groups is 1. The molecule has 0 atom stereocenters. The van der Waals surface area contributed by atoms with Crippen LogP contribution in [0.2, 0.25) is 5.02 Å². The van der Waals surface area contributed by atoms with Crippen molar-refractivity contribution in [1.29, 1.82) is 0 Å². The second-order valence-corrected chi connectivity index (χ2v) is 6.43. The molecule has 0 radical (unpaired) electrons. The highest BCUT2D eigenvalue weighted by Gasteiger charge is 2.45. The summed E-state index contributed by atoms with van der Waals surface area (Å²) in [6, 6.07) is 7.91. The zero-order chi connectivity index (χ0) is 14.9. The molecule has 21 heavy (non-hydrogen) atoms. The van der Waals surface area contributed by atoms with E-state index in [0.717, 1.165) is 43.2 Å². The molecular formula is C16H23ClN4. The summed E-state index contributed by atoms with van der Waals surface area (Å²) in [6.45, 7) is 6.41. The molecule has 1 saturated heterocycles. The molecule has 0 saturated carbocycles. The molecule has 5 heteroatoms. The van der Waals surface area contributed by atoms with Crippen molar-refractivity contribution in [3.8, 4) is 0 Å². The number of hydrogen-bond donors (Lipinski definition) is 1. The molecule has 0 aromatic heterocycles. The number of para-hydroxylation sites is 1. The topological polar surface area (TPSA) is 44.9 Å². The van der Waals surface area contributed by atoms with Crippen molar-refractivity contribution in [3.63, 3.8) is 0 Å². The number of nitrogens with zero attached hydrogens (tertiary/aromatic N) is 3. The minimum atomic E-state index is 0.0132. The summed E-state index contributed by atoms with van der Waals surface area (Å²) in [5, 5.41) is 0.743. The summed E-state index contributed by atoms with van der Waals surface area (Å²) >= 11 is 6.39. The predicted molar refractivity (Wildman–Crippen MR) is 89.1 cm³/mol. The van der Waals surface area contributed by atoms with Crippen LogP contribution in [0.25, 0.3) is 0 Å². The van der Waals surface area contributed by atoms with Crippen molar-refractivity contribution in [1.82, 2.24) is 4.90 Å². The van der Waals surface area contributed by atoms with Gasteiger partial charge in [-0.15, -0.1) is 0 Å². The van der Waals surface area contributed by atoms with E-state index in [1.165, 1.54) is 13.0 Å². The Hall–Kier alpha value is -1.26. The van der Waals surface area contributed by atoms with E-state index in [4.69, 9.17) is 17.3 Å². The van der Waals surface area contributed by atoms with Gasteiger partial charge in [0.25, 0.3) is 0 Å². The van der Waals surface area contributed by atoms with Gasteiger partial charge in [-0.1, -0.05) is 30.7 Å². The molecule has 1 aromatic carbocycles. The van der Waals surface area contributed by atoms with E-state index < -0.39 is 0 Å². The first-order chi connectivity index (χ1) is 10.2. The fourth-order valence-corrected chi connectivity index (χ4v) is 3.74. The molecule has 1 fully saturated rings. The number of piperidine rings is 1. The summed E-state index contributed by atoms with van der Waals surface area (Å²) in [6.07, 6.45) is 3.38. The van der Waals surface area contributed by atoms with Gasteiger partial charge in [-0.25, -0.2) is 0 Å². The monoisotopic (exact) mass is 306 g/mol. The summed E-state index contributed by atoms with van der Waals surface area (Å²) in [4.78, 5) is 9.24. The van der Waals surface area contributed by atoms with Crippen LogP contribution in [-0.4, -0.2) is 42.6 Å². The van der Waals surface area contributed by atoms with Gasteiger partial charge in [-0.05, 0) is 37.9 Å². The molecule has 0 unspecified atom stereocenters. The highest BCUT2D eigenvalue weighted by atomic mass is 35.5. The second-order valence-electron chi connectivity index (χ2n) is 6.03. The Bertz CT molecular complexity index is 535. The van der Waals surface area contributed by atoms with E-state index in [2.05, 4.69) is 21.7 Å². The summed E-state index contributed by atoms with van der Waals surface area (Å²) in [5.41, 5.74) is 7.18. The quantitative estimate of drug-likeness (QED) is 0.934. The van der Waals surface area contributed by atoms with E-state index in [0.29, 0.717) is 5.96 Å². The maximum absolute atomic E-state index is 6.39. The third-order valence-corrected chi connectivity index (χ3v) is 4.98. The SMILES string of the molecule is CCCN1CCC2(CC1)CN=C(N)N2c1ccccc1Cl. The summed E-state index contributed by atoms with van der Waals surface area (Å²) in [7, 11) is 0. The Morgan fingerprint density at radius 3 is 2.67 bits per heavy atom. The molecule has 0 amide bonds. The Kier molecular flexibility index (Phi) is 4.09. The minimum Gasteiger partial charge on any atom is -0.369 e. The predicted octanol–water partition coefficient (Wildman–Crippen LogP) is 2.72. The van der Waals surface area contributed by atoms with Crippen LogP contribution < -0.4 is 10.6 Å². The van der Waals surface area contributed by atoms with Crippen LogP contribution in [0.5, 0.6) is 0 Å². The lowest BCUT2D eigenvalue weighted by Gasteiger charge is -2.45. The molecule has 114 valence electrons. The Morgan fingerprint density at radius 2 is 2.00 bits per heavy atom. The number of aliphatic imine (C=N–C) groups is 1. The van der Waals surface area contributed by atoms with Gasteiger partial charge >= 0.3 is 0 Å². The zero-order valence-corrected chi connectivity index (χ0v) is 13.3. The molecule has 2 aliphatic rings. The Morgan fingerprint density at radius 1 is 1.29 bits per heavy atom. The van der Waals surface area contributed by atoms with E-state index in [1.807, 2.05) is 24.3 Å². The van der Waals surface area contributed by atoms with E-state index in [-0.39, 0.29) is 5.54 Å². The maximum Gasteiger partial charge on any atom is 0.196 e. The number of nitrogens with two attached hydrogens (primary N) is 1. The number of likely N-dealkylation sites (tertiary alicyclic amines) is 1. The van der Waals surface area contributed by atoms with Gasteiger partial charge in [0.1, 0.15) is 0 Å². The van der Waals surface area contributed by atoms with Crippen LogP contribution >= 0.6 is 11.6 Å². The molecule has 0 aliphatic carbocycles. The van der Waals surface area contributed by atoms with Gasteiger partial charge in [-0.2, -0.15) is 0 Å². The van der Waals surface area contributed by atoms with Gasteiger partial charge < -0.3 is 15.5 Å². The van der Waals surface area contributed by atoms with Crippen molar-refractivity contribution < 1.29 is 0 Å². The lowest BCUT2D eigenvalue weighted by atomic mass is 9.86. The fraction of sp³-hybridized carbons (Fsp3) is 0.562. The van der Waals surface area contributed by atoms with Crippen LogP contribution in [0.15, 0.2) is 29.3 Å². The number of halogens is 1. The van der Waals surface area contributed by atoms with Crippen LogP contribution in [0.1, 0.15) is 26.2 Å². The minimum absolute atomic E-state index is 0.0132. The van der Waals surface area contributed by atoms with E-state index in [9.17, 15) is 0 Å². The van der Waals surface area contributed by atoms with Crippen LogP contribution in [0.3, 0.4) is 0 Å². The standard InChI is InChI=1S/C16H23ClN4/c1-2-9-20-10-7-16(8-11-20)12-19-15(18)21(16)14-6-4-3-5-13(14)17/h3-6H,2,7-12H2,1H3,(H2,18,19). The zero-order valence-electron chi connectivity index (χ0n) is 12.6. The first-order valence-corrected chi connectivity index (χ1v) is 8.11. The van der Waals surface area contributed by atoms with Gasteiger partial charge in [0.05, 0.1) is 22.8 Å². The largest absolute Gasteiger partial charge is 0.369 e. The number of hydrogen-bond acceptors (Lipinski definition) is 4. The molecule has 4 nitrogen and oxygen atoms in total. The molecule has 0 bridgehead atoms. The summed E-state index contributed by atoms with van der Waals surface area (Å²) in [5.74, 6) is 0.604. The van der Waals surface area contributed by atoms with Crippen LogP contribution in [0, 0.1) is 0 Å². The first kappa shape index (κ1) is 14.7. The normalized spacial score (nSPS) is 21.8.